The molecule has 0 saturated carbocycles. The molecule has 5 nitrogen and oxygen atoms in total. The minimum atomic E-state index is 0.320. The Balaban J connectivity index is 1.48. The number of anilines is 1. The molecule has 0 radical (unpaired) electrons. The van der Waals surface area contributed by atoms with Crippen molar-refractivity contribution >= 4 is 33.5 Å². The van der Waals surface area contributed by atoms with Crippen LogP contribution in [0, 0.1) is 11.3 Å². The van der Waals surface area contributed by atoms with Crippen molar-refractivity contribution in [2.75, 3.05) is 31.2 Å². The molecule has 4 rings (SSSR count). The van der Waals surface area contributed by atoms with Gasteiger partial charge in [0.05, 0.1) is 30.5 Å². The molecule has 156 valence electrons. The lowest BCUT2D eigenvalue weighted by atomic mass is 10.1. The zero-order valence-corrected chi connectivity index (χ0v) is 18.6. The van der Waals surface area contributed by atoms with Gasteiger partial charge >= 0.3 is 0 Å². The average molecular weight is 476 g/mol. The van der Waals surface area contributed by atoms with Crippen LogP contribution < -0.4 is 9.64 Å². The SMILES string of the molecule is N#Cc1ccccc1COc1ccc(Br)cc1C=Nc1ccc(N2CCOCC2)cc1. The van der Waals surface area contributed by atoms with Crippen LogP contribution in [0.4, 0.5) is 11.4 Å². The number of aliphatic imine (C=N–C) groups is 1. The van der Waals surface area contributed by atoms with Gasteiger partial charge in [0.15, 0.2) is 0 Å². The lowest BCUT2D eigenvalue weighted by Crippen LogP contribution is -2.36. The fourth-order valence-electron chi connectivity index (χ4n) is 3.38. The molecule has 3 aromatic rings. The Morgan fingerprint density at radius 1 is 1.06 bits per heavy atom. The van der Waals surface area contributed by atoms with E-state index in [-0.39, 0.29) is 0 Å². The molecule has 1 heterocycles. The van der Waals surface area contributed by atoms with E-state index in [4.69, 9.17) is 9.47 Å². The Morgan fingerprint density at radius 3 is 2.61 bits per heavy atom. The van der Waals surface area contributed by atoms with E-state index < -0.39 is 0 Å². The van der Waals surface area contributed by atoms with E-state index in [1.807, 2.05) is 48.5 Å². The Bertz CT molecular complexity index is 1100. The summed E-state index contributed by atoms with van der Waals surface area (Å²) in [6.45, 7) is 3.68. The summed E-state index contributed by atoms with van der Waals surface area (Å²) < 4.78 is 12.4. The van der Waals surface area contributed by atoms with Crippen LogP contribution in [-0.2, 0) is 11.3 Å². The summed E-state index contributed by atoms with van der Waals surface area (Å²) in [5.74, 6) is 0.713. The van der Waals surface area contributed by atoms with Gasteiger partial charge in [0.25, 0.3) is 0 Å². The van der Waals surface area contributed by atoms with Crippen molar-refractivity contribution in [3.8, 4) is 11.8 Å². The largest absolute Gasteiger partial charge is 0.488 e. The molecule has 0 amide bonds. The number of rotatable bonds is 6. The summed E-state index contributed by atoms with van der Waals surface area (Å²) in [6, 6.07) is 23.7. The molecule has 1 aliphatic heterocycles. The molecule has 0 bridgehead atoms. The predicted molar refractivity (Wildman–Crippen MR) is 126 cm³/mol. The van der Waals surface area contributed by atoms with Gasteiger partial charge < -0.3 is 14.4 Å². The Labute approximate surface area is 190 Å². The predicted octanol–water partition coefficient (Wildman–Crippen LogP) is 5.49. The molecule has 0 N–H and O–H groups in total. The highest BCUT2D eigenvalue weighted by molar-refractivity contribution is 9.10. The second-order valence-corrected chi connectivity index (χ2v) is 8.03. The fourth-order valence-corrected chi connectivity index (χ4v) is 3.76. The summed E-state index contributed by atoms with van der Waals surface area (Å²) in [4.78, 5) is 6.95. The number of morpholine rings is 1. The van der Waals surface area contributed by atoms with Gasteiger partial charge in [0.1, 0.15) is 12.4 Å². The van der Waals surface area contributed by atoms with Crippen molar-refractivity contribution in [2.24, 2.45) is 4.99 Å². The number of nitrogens with zero attached hydrogens (tertiary/aromatic N) is 3. The van der Waals surface area contributed by atoms with Gasteiger partial charge in [-0.1, -0.05) is 34.1 Å². The van der Waals surface area contributed by atoms with Crippen LogP contribution in [0.2, 0.25) is 0 Å². The van der Waals surface area contributed by atoms with E-state index in [0.29, 0.717) is 17.9 Å². The third kappa shape index (κ3) is 5.52. The molecule has 0 aromatic heterocycles. The van der Waals surface area contributed by atoms with Crippen molar-refractivity contribution in [1.29, 1.82) is 5.26 Å². The van der Waals surface area contributed by atoms with Crippen LogP contribution >= 0.6 is 15.9 Å². The maximum Gasteiger partial charge on any atom is 0.128 e. The third-order valence-corrected chi connectivity index (χ3v) is 5.56. The van der Waals surface area contributed by atoms with Crippen LogP contribution in [0.1, 0.15) is 16.7 Å². The first-order valence-electron chi connectivity index (χ1n) is 10.1. The summed E-state index contributed by atoms with van der Waals surface area (Å²) in [5, 5.41) is 9.28. The zero-order valence-electron chi connectivity index (χ0n) is 17.0. The standard InChI is InChI=1S/C25H22BrN3O2/c26-22-5-10-25(31-18-20-4-2-1-3-19(20)16-27)21(15-22)17-28-23-6-8-24(9-7-23)29-11-13-30-14-12-29/h1-10,15,17H,11-14,18H2. The summed E-state index contributed by atoms with van der Waals surface area (Å²) in [5.41, 5.74) is 4.40. The second-order valence-electron chi connectivity index (χ2n) is 7.11. The molecule has 1 saturated heterocycles. The molecule has 1 fully saturated rings. The number of ether oxygens (including phenoxy) is 2. The van der Waals surface area contributed by atoms with Crippen molar-refractivity contribution < 1.29 is 9.47 Å². The number of hydrogen-bond acceptors (Lipinski definition) is 5. The van der Waals surface area contributed by atoms with E-state index in [9.17, 15) is 5.26 Å². The van der Waals surface area contributed by atoms with E-state index in [1.54, 1.807) is 12.3 Å². The fraction of sp³-hybridized carbons (Fsp3) is 0.200. The molecule has 6 heteroatoms. The smallest absolute Gasteiger partial charge is 0.128 e. The van der Waals surface area contributed by atoms with Gasteiger partial charge in [-0.25, -0.2) is 0 Å². The van der Waals surface area contributed by atoms with Crippen molar-refractivity contribution in [1.82, 2.24) is 0 Å². The minimum Gasteiger partial charge on any atom is -0.488 e. The highest BCUT2D eigenvalue weighted by atomic mass is 79.9. The number of nitriles is 1. The van der Waals surface area contributed by atoms with Crippen LogP contribution in [-0.4, -0.2) is 32.5 Å². The van der Waals surface area contributed by atoms with Gasteiger partial charge in [-0.3, -0.25) is 4.99 Å². The normalized spacial score (nSPS) is 13.9. The van der Waals surface area contributed by atoms with Gasteiger partial charge in [-0.2, -0.15) is 5.26 Å². The Morgan fingerprint density at radius 2 is 1.84 bits per heavy atom. The van der Waals surface area contributed by atoms with Gasteiger partial charge in [0.2, 0.25) is 0 Å². The summed E-state index contributed by atoms with van der Waals surface area (Å²) >= 11 is 3.52. The molecule has 3 aromatic carbocycles. The summed E-state index contributed by atoms with van der Waals surface area (Å²) in [6.07, 6.45) is 1.81. The molecule has 1 aliphatic rings. The first-order valence-corrected chi connectivity index (χ1v) is 10.9. The molecule has 0 unspecified atom stereocenters. The van der Waals surface area contributed by atoms with Gasteiger partial charge in [0, 0.05) is 40.6 Å². The molecule has 31 heavy (non-hydrogen) atoms. The number of hydrogen-bond donors (Lipinski definition) is 0. The van der Waals surface area contributed by atoms with E-state index >= 15 is 0 Å². The van der Waals surface area contributed by atoms with E-state index in [0.717, 1.165) is 47.6 Å². The molecule has 0 atom stereocenters. The second kappa shape index (κ2) is 10.3. The van der Waals surface area contributed by atoms with Gasteiger partial charge in [-0.15, -0.1) is 0 Å². The third-order valence-electron chi connectivity index (χ3n) is 5.07. The highest BCUT2D eigenvalue weighted by Crippen LogP contribution is 2.25. The average Bonchev–Trinajstić information content (AvgIpc) is 2.83. The summed E-state index contributed by atoms with van der Waals surface area (Å²) in [7, 11) is 0. The molecular formula is C25H22BrN3O2. The maximum atomic E-state index is 9.28. The van der Waals surface area contributed by atoms with Gasteiger partial charge in [-0.05, 0) is 48.5 Å². The first-order chi connectivity index (χ1) is 15.2. The van der Waals surface area contributed by atoms with Crippen LogP contribution in [0.15, 0.2) is 76.2 Å². The van der Waals surface area contributed by atoms with Crippen LogP contribution in [0.5, 0.6) is 5.75 Å². The highest BCUT2D eigenvalue weighted by Gasteiger charge is 2.11. The molecule has 0 spiro atoms. The Kier molecular flexibility index (Phi) is 6.98. The monoisotopic (exact) mass is 475 g/mol. The van der Waals surface area contributed by atoms with Crippen LogP contribution in [0.25, 0.3) is 0 Å². The lowest BCUT2D eigenvalue weighted by Gasteiger charge is -2.28. The first kappa shape index (κ1) is 21.1. The zero-order chi connectivity index (χ0) is 21.5. The minimum absolute atomic E-state index is 0.320. The maximum absolute atomic E-state index is 9.28. The Hall–Kier alpha value is -3.14. The van der Waals surface area contributed by atoms with Crippen molar-refractivity contribution in [3.05, 3.63) is 87.9 Å². The van der Waals surface area contributed by atoms with E-state index in [1.165, 1.54) is 5.69 Å². The van der Waals surface area contributed by atoms with Crippen molar-refractivity contribution in [3.63, 3.8) is 0 Å². The van der Waals surface area contributed by atoms with Crippen LogP contribution in [0.3, 0.4) is 0 Å². The molecule has 0 aliphatic carbocycles. The molecular weight excluding hydrogens is 454 g/mol. The topological polar surface area (TPSA) is 57.8 Å². The lowest BCUT2D eigenvalue weighted by molar-refractivity contribution is 0.122. The van der Waals surface area contributed by atoms with E-state index in [2.05, 4.69) is 44.0 Å². The quantitative estimate of drug-likeness (QED) is 0.442. The van der Waals surface area contributed by atoms with Crippen molar-refractivity contribution in [2.45, 2.75) is 6.61 Å². The number of halogens is 1. The number of benzene rings is 3.